The quantitative estimate of drug-likeness (QED) is 0.728. The molecule has 0 unspecified atom stereocenters. The van der Waals surface area contributed by atoms with Gasteiger partial charge in [-0.15, -0.1) is 0 Å². The molecule has 3 aliphatic rings. The molecule has 0 atom stereocenters. The molecule has 118 valence electrons. The van der Waals surface area contributed by atoms with E-state index in [1.54, 1.807) is 5.01 Å². The molecule has 1 saturated heterocycles. The van der Waals surface area contributed by atoms with E-state index in [1.807, 2.05) is 6.34 Å². The summed E-state index contributed by atoms with van der Waals surface area (Å²) >= 11 is 0. The molecule has 0 N–H and O–H groups in total. The van der Waals surface area contributed by atoms with Gasteiger partial charge in [-0.3, -0.25) is 4.90 Å². The second-order valence-corrected chi connectivity index (χ2v) is 6.07. The molecule has 2 aliphatic heterocycles. The summed E-state index contributed by atoms with van der Waals surface area (Å²) in [4.78, 5) is 15.3. The van der Waals surface area contributed by atoms with Crippen LogP contribution in [0.15, 0.2) is 41.3 Å². The minimum Gasteiger partial charge on any atom is -0.313 e. The molecule has 1 fully saturated rings. The Hall–Kier alpha value is -1.88. The Bertz CT molecular complexity index is 515. The summed E-state index contributed by atoms with van der Waals surface area (Å²) in [6, 6.07) is 0.444. The van der Waals surface area contributed by atoms with Crippen molar-refractivity contribution in [3.63, 3.8) is 0 Å². The minimum atomic E-state index is 0.283. The van der Waals surface area contributed by atoms with Gasteiger partial charge in [0.2, 0.25) is 0 Å². The average molecular weight is 300 g/mol. The predicted octanol–water partition coefficient (Wildman–Crippen LogP) is 1.96. The van der Waals surface area contributed by atoms with E-state index >= 15 is 0 Å². The Morgan fingerprint density at radius 2 is 2.14 bits per heavy atom. The fourth-order valence-electron chi connectivity index (χ4n) is 3.31. The molecule has 0 spiro atoms. The Morgan fingerprint density at radius 3 is 2.82 bits per heavy atom. The fourth-order valence-corrected chi connectivity index (χ4v) is 3.31. The molecule has 2 heterocycles. The first-order valence-corrected chi connectivity index (χ1v) is 8.08. The molecule has 5 heteroatoms. The maximum atomic E-state index is 10.6. The van der Waals surface area contributed by atoms with Gasteiger partial charge in [0.1, 0.15) is 18.4 Å². The lowest BCUT2D eigenvalue weighted by Gasteiger charge is -2.37. The number of likely N-dealkylation sites (tertiary alicyclic amines) is 1. The second-order valence-electron chi connectivity index (χ2n) is 6.07. The average Bonchev–Trinajstić information content (AvgIpc) is 2.91. The van der Waals surface area contributed by atoms with Crippen LogP contribution in [0.2, 0.25) is 0 Å². The molecule has 3 rings (SSSR count). The largest absolute Gasteiger partial charge is 0.313 e. The number of piperidine rings is 1. The minimum absolute atomic E-state index is 0.283. The van der Waals surface area contributed by atoms with E-state index in [-0.39, 0.29) is 6.54 Å². The third-order valence-electron chi connectivity index (χ3n) is 4.59. The second kappa shape index (κ2) is 6.92. The molecule has 0 aromatic carbocycles. The van der Waals surface area contributed by atoms with Crippen molar-refractivity contribution >= 4 is 12.6 Å². The van der Waals surface area contributed by atoms with Gasteiger partial charge in [-0.25, -0.2) is 5.01 Å². The summed E-state index contributed by atoms with van der Waals surface area (Å²) in [5, 5.41) is 5.91. The van der Waals surface area contributed by atoms with Crippen LogP contribution in [0, 0.1) is 0 Å². The Morgan fingerprint density at radius 1 is 1.32 bits per heavy atom. The number of carbonyl (C=O) groups is 1. The lowest BCUT2D eigenvalue weighted by molar-refractivity contribution is -0.108. The molecule has 22 heavy (non-hydrogen) atoms. The summed E-state index contributed by atoms with van der Waals surface area (Å²) in [5.41, 5.74) is 1.45. The summed E-state index contributed by atoms with van der Waals surface area (Å²) in [6.07, 6.45) is 14.2. The smallest absolute Gasteiger partial charge is 0.141 e. The van der Waals surface area contributed by atoms with Crippen LogP contribution < -0.4 is 0 Å². The van der Waals surface area contributed by atoms with Crippen molar-refractivity contribution in [2.45, 2.75) is 31.7 Å². The molecule has 0 radical (unpaired) electrons. The number of nitrogens with zero attached hydrogens (tertiary/aromatic N) is 4. The molecule has 0 saturated carbocycles. The summed E-state index contributed by atoms with van der Waals surface area (Å²) in [5.74, 6) is 0.823. The Balaban J connectivity index is 1.49. The van der Waals surface area contributed by atoms with Crippen LogP contribution >= 0.6 is 0 Å². The van der Waals surface area contributed by atoms with Gasteiger partial charge in [0.05, 0.1) is 6.54 Å². The summed E-state index contributed by atoms with van der Waals surface area (Å²) in [6.45, 7) is 7.60. The van der Waals surface area contributed by atoms with Gasteiger partial charge in [-0.2, -0.15) is 5.10 Å². The van der Waals surface area contributed by atoms with Crippen molar-refractivity contribution in [3.8, 4) is 0 Å². The SMILES string of the molecule is C=C1N(CC=O)N=CN1C1CCN(CC2=CCCC=C2)CC1. The monoisotopic (exact) mass is 300 g/mol. The zero-order chi connectivity index (χ0) is 15.4. The van der Waals surface area contributed by atoms with Crippen molar-refractivity contribution in [2.75, 3.05) is 26.2 Å². The summed E-state index contributed by atoms with van der Waals surface area (Å²) in [7, 11) is 0. The van der Waals surface area contributed by atoms with Gasteiger partial charge in [0.15, 0.2) is 0 Å². The van der Waals surface area contributed by atoms with Crippen LogP contribution in [-0.2, 0) is 4.79 Å². The highest BCUT2D eigenvalue weighted by Gasteiger charge is 2.29. The highest BCUT2D eigenvalue weighted by Crippen LogP contribution is 2.24. The van der Waals surface area contributed by atoms with Gasteiger partial charge in [-0.05, 0) is 31.3 Å². The van der Waals surface area contributed by atoms with E-state index in [0.717, 1.165) is 44.6 Å². The van der Waals surface area contributed by atoms with Crippen LogP contribution in [0.3, 0.4) is 0 Å². The number of allylic oxidation sites excluding steroid dienone is 2. The summed E-state index contributed by atoms with van der Waals surface area (Å²) < 4.78 is 0. The van der Waals surface area contributed by atoms with Crippen molar-refractivity contribution in [3.05, 3.63) is 36.2 Å². The van der Waals surface area contributed by atoms with Crippen LogP contribution in [0.5, 0.6) is 0 Å². The van der Waals surface area contributed by atoms with Crippen LogP contribution in [0.25, 0.3) is 0 Å². The van der Waals surface area contributed by atoms with Gasteiger partial charge >= 0.3 is 0 Å². The van der Waals surface area contributed by atoms with Crippen molar-refractivity contribution in [1.82, 2.24) is 14.8 Å². The number of carbonyl (C=O) groups excluding carboxylic acids is 1. The lowest BCUT2D eigenvalue weighted by atomic mass is 10.0. The highest BCUT2D eigenvalue weighted by molar-refractivity contribution is 5.62. The highest BCUT2D eigenvalue weighted by atomic mass is 16.1. The number of hydrazone groups is 1. The lowest BCUT2D eigenvalue weighted by Crippen LogP contribution is -2.44. The zero-order valence-electron chi connectivity index (χ0n) is 13.0. The molecular weight excluding hydrogens is 276 g/mol. The number of aldehydes is 1. The van der Waals surface area contributed by atoms with E-state index < -0.39 is 0 Å². The molecule has 0 aromatic rings. The van der Waals surface area contributed by atoms with Crippen molar-refractivity contribution < 1.29 is 4.79 Å². The Kier molecular flexibility index (Phi) is 4.73. The van der Waals surface area contributed by atoms with Gasteiger partial charge in [0.25, 0.3) is 0 Å². The fraction of sp³-hybridized carbons (Fsp3) is 0.529. The predicted molar refractivity (Wildman–Crippen MR) is 88.2 cm³/mol. The number of rotatable bonds is 5. The first-order chi connectivity index (χ1) is 10.8. The number of hydrogen-bond donors (Lipinski definition) is 0. The van der Waals surface area contributed by atoms with Crippen LogP contribution in [0.1, 0.15) is 25.7 Å². The molecule has 0 amide bonds. The van der Waals surface area contributed by atoms with Crippen LogP contribution in [0.4, 0.5) is 0 Å². The molecule has 1 aliphatic carbocycles. The molecular formula is C17H24N4O. The van der Waals surface area contributed by atoms with E-state index in [2.05, 4.69) is 39.7 Å². The van der Waals surface area contributed by atoms with Gasteiger partial charge < -0.3 is 9.69 Å². The first kappa shape index (κ1) is 15.0. The van der Waals surface area contributed by atoms with Crippen molar-refractivity contribution in [1.29, 1.82) is 0 Å². The number of hydrogen-bond acceptors (Lipinski definition) is 5. The molecule has 0 bridgehead atoms. The molecule has 5 nitrogen and oxygen atoms in total. The van der Waals surface area contributed by atoms with Gasteiger partial charge in [-0.1, -0.05) is 24.8 Å². The zero-order valence-corrected chi connectivity index (χ0v) is 13.0. The third kappa shape index (κ3) is 3.30. The Labute approximate surface area is 132 Å². The standard InChI is InChI=1S/C17H24N4O/c1-15-20(14-18-21(15)11-12-22)17-7-9-19(10-8-17)13-16-5-3-2-4-6-16/h3,5-6,12,14,17H,1-2,4,7-11,13H2. The normalized spacial score (nSPS) is 23.3. The van der Waals surface area contributed by atoms with E-state index in [0.29, 0.717) is 6.04 Å². The van der Waals surface area contributed by atoms with E-state index in [1.165, 1.54) is 18.4 Å². The molecule has 0 aromatic heterocycles. The van der Waals surface area contributed by atoms with Crippen molar-refractivity contribution in [2.24, 2.45) is 5.10 Å². The van der Waals surface area contributed by atoms with E-state index in [9.17, 15) is 4.79 Å². The topological polar surface area (TPSA) is 39.2 Å². The van der Waals surface area contributed by atoms with Crippen LogP contribution in [-0.4, -0.2) is 59.7 Å². The first-order valence-electron chi connectivity index (χ1n) is 8.08. The van der Waals surface area contributed by atoms with E-state index in [4.69, 9.17) is 0 Å². The maximum absolute atomic E-state index is 10.6. The van der Waals surface area contributed by atoms with Gasteiger partial charge in [0, 0.05) is 25.7 Å². The maximum Gasteiger partial charge on any atom is 0.141 e. The third-order valence-corrected chi connectivity index (χ3v) is 4.59.